The molecular formula is C21H25ClN4. The van der Waals surface area contributed by atoms with E-state index in [-0.39, 0.29) is 5.54 Å². The van der Waals surface area contributed by atoms with Gasteiger partial charge in [0.05, 0.1) is 6.54 Å². The van der Waals surface area contributed by atoms with Crippen LogP contribution in [0.2, 0.25) is 5.02 Å². The number of hydrogen-bond donors (Lipinski definition) is 1. The van der Waals surface area contributed by atoms with Crippen LogP contribution in [0, 0.1) is 0 Å². The molecule has 1 aromatic heterocycles. The Kier molecular flexibility index (Phi) is 5.74. The monoisotopic (exact) mass is 368 g/mol. The van der Waals surface area contributed by atoms with Gasteiger partial charge in [0.25, 0.3) is 0 Å². The van der Waals surface area contributed by atoms with Gasteiger partial charge in [-0.25, -0.2) is 0 Å². The highest BCUT2D eigenvalue weighted by molar-refractivity contribution is 6.31. The van der Waals surface area contributed by atoms with Gasteiger partial charge in [0.15, 0.2) is 0 Å². The van der Waals surface area contributed by atoms with Crippen LogP contribution in [-0.4, -0.2) is 20.5 Å². The van der Waals surface area contributed by atoms with E-state index in [1.165, 1.54) is 0 Å². The first-order valence-electron chi connectivity index (χ1n) is 8.96. The van der Waals surface area contributed by atoms with Crippen molar-refractivity contribution in [2.24, 2.45) is 0 Å². The molecule has 2 aromatic carbocycles. The van der Waals surface area contributed by atoms with Crippen molar-refractivity contribution < 1.29 is 0 Å². The van der Waals surface area contributed by atoms with Gasteiger partial charge in [0, 0.05) is 22.7 Å². The van der Waals surface area contributed by atoms with Gasteiger partial charge >= 0.3 is 0 Å². The summed E-state index contributed by atoms with van der Waals surface area (Å²) in [6.45, 7) is 7.80. The van der Waals surface area contributed by atoms with Crippen LogP contribution in [0.3, 0.4) is 0 Å². The predicted octanol–water partition coefficient (Wildman–Crippen LogP) is 4.93. The number of hydrogen-bond acceptors (Lipinski definition) is 3. The first-order chi connectivity index (χ1) is 12.5. The first kappa shape index (κ1) is 18.6. The van der Waals surface area contributed by atoms with Crippen molar-refractivity contribution in [1.82, 2.24) is 20.3 Å². The number of benzene rings is 2. The van der Waals surface area contributed by atoms with Gasteiger partial charge in [-0.1, -0.05) is 67.1 Å². The fraction of sp³-hybridized carbons (Fsp3) is 0.333. The van der Waals surface area contributed by atoms with Gasteiger partial charge in [0.2, 0.25) is 0 Å². The van der Waals surface area contributed by atoms with E-state index in [1.807, 2.05) is 42.5 Å². The van der Waals surface area contributed by atoms with E-state index in [2.05, 4.69) is 38.2 Å². The minimum Gasteiger partial charge on any atom is -0.306 e. The Bertz CT molecular complexity index is 855. The third kappa shape index (κ3) is 4.51. The van der Waals surface area contributed by atoms with Crippen LogP contribution >= 0.6 is 11.6 Å². The number of nitrogens with zero attached hydrogens (tertiary/aromatic N) is 3. The minimum absolute atomic E-state index is 0.0560. The number of halogens is 1. The lowest BCUT2D eigenvalue weighted by Crippen LogP contribution is -2.38. The van der Waals surface area contributed by atoms with Gasteiger partial charge in [-0.15, -0.1) is 0 Å². The standard InChI is InChI=1S/C21H25ClN4/c1-4-21(2,3)23-14-19-20(16-10-6-5-7-11-16)25-26(24-19)15-17-12-8-9-13-18(17)22/h5-13,23H,4,14-15H2,1-3H3. The van der Waals surface area contributed by atoms with Crippen LogP contribution in [0.15, 0.2) is 54.6 Å². The third-order valence-electron chi connectivity index (χ3n) is 4.66. The second-order valence-electron chi connectivity index (χ2n) is 7.07. The number of rotatable bonds is 7. The highest BCUT2D eigenvalue weighted by atomic mass is 35.5. The molecular weight excluding hydrogens is 344 g/mol. The summed E-state index contributed by atoms with van der Waals surface area (Å²) in [6, 6.07) is 18.0. The first-order valence-corrected chi connectivity index (χ1v) is 9.34. The Balaban J connectivity index is 1.91. The van der Waals surface area contributed by atoms with E-state index in [4.69, 9.17) is 21.8 Å². The zero-order valence-corrected chi connectivity index (χ0v) is 16.3. The van der Waals surface area contributed by atoms with E-state index >= 15 is 0 Å². The van der Waals surface area contributed by atoms with Gasteiger partial charge in [-0.05, 0) is 31.9 Å². The molecule has 0 saturated carbocycles. The summed E-state index contributed by atoms with van der Waals surface area (Å²) in [7, 11) is 0. The minimum atomic E-state index is 0.0560. The Morgan fingerprint density at radius 2 is 1.69 bits per heavy atom. The molecule has 0 radical (unpaired) electrons. The molecule has 0 atom stereocenters. The average Bonchev–Trinajstić information content (AvgIpc) is 3.06. The lowest BCUT2D eigenvalue weighted by atomic mass is 10.0. The van der Waals surface area contributed by atoms with E-state index in [0.717, 1.165) is 34.0 Å². The summed E-state index contributed by atoms with van der Waals surface area (Å²) in [4.78, 5) is 1.74. The number of nitrogens with one attached hydrogen (secondary N) is 1. The molecule has 0 saturated heterocycles. The fourth-order valence-corrected chi connectivity index (χ4v) is 2.81. The van der Waals surface area contributed by atoms with Crippen molar-refractivity contribution >= 4 is 11.6 Å². The summed E-state index contributed by atoms with van der Waals surface area (Å²) >= 11 is 6.30. The molecule has 1 N–H and O–H groups in total. The van der Waals surface area contributed by atoms with Crippen molar-refractivity contribution in [3.05, 3.63) is 70.9 Å². The smallest absolute Gasteiger partial charge is 0.117 e. The molecule has 0 aliphatic rings. The Morgan fingerprint density at radius 1 is 1.00 bits per heavy atom. The third-order valence-corrected chi connectivity index (χ3v) is 5.03. The SMILES string of the molecule is CCC(C)(C)NCc1nn(Cc2ccccc2Cl)nc1-c1ccccc1. The topological polar surface area (TPSA) is 42.7 Å². The van der Waals surface area contributed by atoms with Crippen LogP contribution in [0.5, 0.6) is 0 Å². The summed E-state index contributed by atoms with van der Waals surface area (Å²) in [5.41, 5.74) is 4.00. The highest BCUT2D eigenvalue weighted by Gasteiger charge is 2.18. The van der Waals surface area contributed by atoms with E-state index in [1.54, 1.807) is 4.80 Å². The Labute approximate surface area is 160 Å². The summed E-state index contributed by atoms with van der Waals surface area (Å²) in [5, 5.41) is 13.8. The Hall–Kier alpha value is -2.17. The molecule has 4 nitrogen and oxygen atoms in total. The quantitative estimate of drug-likeness (QED) is 0.643. The number of aromatic nitrogens is 3. The molecule has 0 amide bonds. The van der Waals surface area contributed by atoms with Crippen molar-refractivity contribution in [3.63, 3.8) is 0 Å². The normalized spacial score (nSPS) is 11.7. The van der Waals surface area contributed by atoms with E-state index in [0.29, 0.717) is 13.1 Å². The molecule has 0 spiro atoms. The average molecular weight is 369 g/mol. The van der Waals surface area contributed by atoms with Crippen molar-refractivity contribution in [1.29, 1.82) is 0 Å². The van der Waals surface area contributed by atoms with Gasteiger partial charge in [0.1, 0.15) is 11.4 Å². The van der Waals surface area contributed by atoms with Gasteiger partial charge < -0.3 is 5.32 Å². The molecule has 3 rings (SSSR count). The largest absolute Gasteiger partial charge is 0.306 e. The maximum atomic E-state index is 6.30. The molecule has 1 heterocycles. The summed E-state index contributed by atoms with van der Waals surface area (Å²) < 4.78 is 0. The molecule has 0 aliphatic carbocycles. The van der Waals surface area contributed by atoms with Crippen molar-refractivity contribution in [2.75, 3.05) is 0 Å². The molecule has 0 unspecified atom stereocenters. The van der Waals surface area contributed by atoms with Crippen LogP contribution in [0.25, 0.3) is 11.3 Å². The lowest BCUT2D eigenvalue weighted by molar-refractivity contribution is 0.371. The van der Waals surface area contributed by atoms with Crippen molar-refractivity contribution in [2.45, 2.75) is 45.8 Å². The summed E-state index contributed by atoms with van der Waals surface area (Å²) in [6.07, 6.45) is 1.04. The van der Waals surface area contributed by atoms with E-state index in [9.17, 15) is 0 Å². The summed E-state index contributed by atoms with van der Waals surface area (Å²) in [5.74, 6) is 0. The zero-order valence-electron chi connectivity index (χ0n) is 15.5. The Morgan fingerprint density at radius 3 is 2.38 bits per heavy atom. The molecule has 3 aromatic rings. The van der Waals surface area contributed by atoms with Crippen LogP contribution in [0.4, 0.5) is 0 Å². The van der Waals surface area contributed by atoms with Crippen molar-refractivity contribution in [3.8, 4) is 11.3 Å². The van der Waals surface area contributed by atoms with Crippen LogP contribution in [0.1, 0.15) is 38.4 Å². The predicted molar refractivity (Wildman–Crippen MR) is 107 cm³/mol. The molecule has 0 fully saturated rings. The van der Waals surface area contributed by atoms with Gasteiger partial charge in [-0.2, -0.15) is 15.0 Å². The second kappa shape index (κ2) is 8.02. The maximum Gasteiger partial charge on any atom is 0.117 e. The second-order valence-corrected chi connectivity index (χ2v) is 7.48. The van der Waals surface area contributed by atoms with Gasteiger partial charge in [-0.3, -0.25) is 0 Å². The lowest BCUT2D eigenvalue weighted by Gasteiger charge is -2.24. The van der Waals surface area contributed by atoms with Crippen LogP contribution < -0.4 is 5.32 Å². The van der Waals surface area contributed by atoms with Crippen LogP contribution in [-0.2, 0) is 13.1 Å². The molecule has 0 aliphatic heterocycles. The maximum absolute atomic E-state index is 6.30. The molecule has 136 valence electrons. The van der Waals surface area contributed by atoms with E-state index < -0.39 is 0 Å². The molecule has 26 heavy (non-hydrogen) atoms. The highest BCUT2D eigenvalue weighted by Crippen LogP contribution is 2.22. The molecule has 0 bridgehead atoms. The fourth-order valence-electron chi connectivity index (χ4n) is 2.62. The molecule has 5 heteroatoms. The zero-order chi connectivity index (χ0) is 18.6.